The van der Waals surface area contributed by atoms with Crippen LogP contribution in [0.1, 0.15) is 13.3 Å². The molecule has 0 rings (SSSR count). The number of methoxy groups -OCH3 is 1. The fourth-order valence-corrected chi connectivity index (χ4v) is 0.756. The average molecular weight is 189 g/mol. The highest BCUT2D eigenvalue weighted by molar-refractivity contribution is 5.86. The van der Waals surface area contributed by atoms with Gasteiger partial charge in [-0.05, 0) is 0 Å². The Bertz CT molecular complexity index is 209. The van der Waals surface area contributed by atoms with Gasteiger partial charge in [0, 0.05) is 6.92 Å². The summed E-state index contributed by atoms with van der Waals surface area (Å²) in [6.07, 6.45) is -0.480. The predicted octanol–water partition coefficient (Wildman–Crippen LogP) is -0.861. The molecular weight excluding hydrogens is 178 g/mol. The van der Waals surface area contributed by atoms with Crippen molar-refractivity contribution in [3.05, 3.63) is 0 Å². The second-order valence-corrected chi connectivity index (χ2v) is 2.37. The van der Waals surface area contributed by atoms with Crippen molar-refractivity contribution in [2.24, 2.45) is 0 Å². The van der Waals surface area contributed by atoms with E-state index in [9.17, 15) is 14.4 Å². The molecule has 0 aromatic rings. The minimum absolute atomic E-state index is 0.475. The van der Waals surface area contributed by atoms with Crippen molar-refractivity contribution in [3.8, 4) is 0 Å². The van der Waals surface area contributed by atoms with Crippen LogP contribution in [-0.2, 0) is 19.1 Å². The molecule has 0 aromatic carbocycles. The highest BCUT2D eigenvalue weighted by atomic mass is 16.5. The number of hydrogen-bond donors (Lipinski definition) is 2. The Morgan fingerprint density at radius 1 is 1.46 bits per heavy atom. The quantitative estimate of drug-likeness (QED) is 0.561. The standard InChI is InChI=1S/C7H11NO5/c1-4(9)8-5(3-6(10)11)7(12)13-2/h5H,3H2,1-2H3,(H,8,9)(H,10,11). The van der Waals surface area contributed by atoms with Crippen LogP contribution in [0.5, 0.6) is 0 Å². The molecule has 0 radical (unpaired) electrons. The van der Waals surface area contributed by atoms with Crippen LogP contribution in [0, 0.1) is 0 Å². The molecule has 0 bridgehead atoms. The largest absolute Gasteiger partial charge is 0.481 e. The van der Waals surface area contributed by atoms with Crippen LogP contribution >= 0.6 is 0 Å². The number of carboxylic acid groups (broad SMARTS) is 1. The van der Waals surface area contributed by atoms with Crippen LogP contribution in [0.2, 0.25) is 0 Å². The summed E-state index contributed by atoms with van der Waals surface area (Å²) in [4.78, 5) is 31.7. The third kappa shape index (κ3) is 4.78. The number of amides is 1. The van der Waals surface area contributed by atoms with Gasteiger partial charge in [0.25, 0.3) is 0 Å². The SMILES string of the molecule is COC(=O)C(CC(=O)O)NC(C)=O. The van der Waals surface area contributed by atoms with Crippen LogP contribution in [0.15, 0.2) is 0 Å². The third-order valence-electron chi connectivity index (χ3n) is 1.24. The Morgan fingerprint density at radius 2 is 2.00 bits per heavy atom. The van der Waals surface area contributed by atoms with E-state index < -0.39 is 30.3 Å². The summed E-state index contributed by atoms with van der Waals surface area (Å²) in [5.41, 5.74) is 0. The summed E-state index contributed by atoms with van der Waals surface area (Å²) >= 11 is 0. The van der Waals surface area contributed by atoms with Gasteiger partial charge in [0.15, 0.2) is 0 Å². The Labute approximate surface area is 74.9 Å². The first-order valence-corrected chi connectivity index (χ1v) is 3.54. The topological polar surface area (TPSA) is 92.7 Å². The highest BCUT2D eigenvalue weighted by Crippen LogP contribution is 1.95. The number of hydrogen-bond acceptors (Lipinski definition) is 4. The molecule has 0 heterocycles. The maximum Gasteiger partial charge on any atom is 0.328 e. The molecule has 0 saturated heterocycles. The summed E-state index contributed by atoms with van der Waals surface area (Å²) in [5.74, 6) is -2.42. The Kier molecular flexibility index (Phi) is 4.50. The van der Waals surface area contributed by atoms with Gasteiger partial charge in [-0.1, -0.05) is 0 Å². The van der Waals surface area contributed by atoms with E-state index in [1.807, 2.05) is 0 Å². The van der Waals surface area contributed by atoms with E-state index in [2.05, 4.69) is 10.1 Å². The lowest BCUT2D eigenvalue weighted by Crippen LogP contribution is -2.41. The molecule has 0 aliphatic carbocycles. The van der Waals surface area contributed by atoms with Crippen molar-refractivity contribution in [1.29, 1.82) is 0 Å². The molecule has 6 heteroatoms. The van der Waals surface area contributed by atoms with Crippen molar-refractivity contribution < 1.29 is 24.2 Å². The number of ether oxygens (including phenoxy) is 1. The molecule has 6 nitrogen and oxygen atoms in total. The van der Waals surface area contributed by atoms with Gasteiger partial charge >= 0.3 is 11.9 Å². The Hall–Kier alpha value is -1.59. The van der Waals surface area contributed by atoms with Crippen LogP contribution in [0.25, 0.3) is 0 Å². The molecule has 0 spiro atoms. The summed E-state index contributed by atoms with van der Waals surface area (Å²) in [7, 11) is 1.12. The summed E-state index contributed by atoms with van der Waals surface area (Å²) in [5, 5.41) is 10.5. The van der Waals surface area contributed by atoms with Gasteiger partial charge in [-0.3, -0.25) is 9.59 Å². The van der Waals surface area contributed by atoms with Gasteiger partial charge in [0.2, 0.25) is 5.91 Å². The monoisotopic (exact) mass is 189 g/mol. The fourth-order valence-electron chi connectivity index (χ4n) is 0.756. The van der Waals surface area contributed by atoms with Gasteiger partial charge in [-0.2, -0.15) is 0 Å². The fraction of sp³-hybridized carbons (Fsp3) is 0.571. The average Bonchev–Trinajstić information content (AvgIpc) is 2.00. The molecule has 0 aliphatic rings. The molecule has 74 valence electrons. The maximum absolute atomic E-state index is 10.9. The smallest absolute Gasteiger partial charge is 0.328 e. The molecular formula is C7H11NO5. The lowest BCUT2D eigenvalue weighted by Gasteiger charge is -2.12. The molecule has 1 atom stereocenters. The minimum Gasteiger partial charge on any atom is -0.481 e. The van der Waals surface area contributed by atoms with Crippen LogP contribution < -0.4 is 5.32 Å². The van der Waals surface area contributed by atoms with Crippen molar-refractivity contribution in [2.45, 2.75) is 19.4 Å². The highest BCUT2D eigenvalue weighted by Gasteiger charge is 2.22. The predicted molar refractivity (Wildman–Crippen MR) is 41.9 cm³/mol. The molecule has 0 saturated carbocycles. The van der Waals surface area contributed by atoms with Crippen molar-refractivity contribution >= 4 is 17.8 Å². The van der Waals surface area contributed by atoms with E-state index in [0.717, 1.165) is 7.11 Å². The van der Waals surface area contributed by atoms with Gasteiger partial charge in [-0.25, -0.2) is 4.79 Å². The van der Waals surface area contributed by atoms with Crippen LogP contribution in [-0.4, -0.2) is 36.1 Å². The maximum atomic E-state index is 10.9. The first-order chi connectivity index (χ1) is 5.97. The second-order valence-electron chi connectivity index (χ2n) is 2.37. The first kappa shape index (κ1) is 11.4. The van der Waals surface area contributed by atoms with Crippen molar-refractivity contribution in [1.82, 2.24) is 5.32 Å². The van der Waals surface area contributed by atoms with Gasteiger partial charge in [0.05, 0.1) is 13.5 Å². The molecule has 0 aromatic heterocycles. The molecule has 13 heavy (non-hydrogen) atoms. The van der Waals surface area contributed by atoms with Crippen LogP contribution in [0.4, 0.5) is 0 Å². The number of rotatable bonds is 4. The lowest BCUT2D eigenvalue weighted by molar-refractivity contribution is -0.149. The normalized spacial score (nSPS) is 11.5. The van der Waals surface area contributed by atoms with Gasteiger partial charge < -0.3 is 15.2 Å². The Morgan fingerprint density at radius 3 is 2.31 bits per heavy atom. The van der Waals surface area contributed by atoms with Crippen molar-refractivity contribution in [3.63, 3.8) is 0 Å². The number of aliphatic carboxylic acids is 1. The molecule has 2 N–H and O–H groups in total. The first-order valence-electron chi connectivity index (χ1n) is 3.54. The summed E-state index contributed by atoms with van der Waals surface area (Å²) < 4.78 is 4.30. The van der Waals surface area contributed by atoms with E-state index in [4.69, 9.17) is 5.11 Å². The van der Waals surface area contributed by atoms with Gasteiger partial charge in [0.1, 0.15) is 6.04 Å². The zero-order valence-corrected chi connectivity index (χ0v) is 7.36. The number of carbonyl (C=O) groups is 3. The third-order valence-corrected chi connectivity index (χ3v) is 1.24. The second kappa shape index (κ2) is 5.13. The molecule has 1 amide bonds. The zero-order valence-electron chi connectivity index (χ0n) is 7.36. The van der Waals surface area contributed by atoms with E-state index >= 15 is 0 Å². The van der Waals surface area contributed by atoms with E-state index in [-0.39, 0.29) is 0 Å². The van der Waals surface area contributed by atoms with Gasteiger partial charge in [-0.15, -0.1) is 0 Å². The summed E-state index contributed by atoms with van der Waals surface area (Å²) in [6, 6.07) is -1.11. The number of esters is 1. The number of nitrogens with one attached hydrogen (secondary N) is 1. The number of carboxylic acids is 1. The van der Waals surface area contributed by atoms with E-state index in [0.29, 0.717) is 0 Å². The minimum atomic E-state index is -1.18. The zero-order chi connectivity index (χ0) is 10.4. The molecule has 0 aliphatic heterocycles. The van der Waals surface area contributed by atoms with Crippen molar-refractivity contribution in [2.75, 3.05) is 7.11 Å². The van der Waals surface area contributed by atoms with Crippen LogP contribution in [0.3, 0.4) is 0 Å². The molecule has 1 unspecified atom stereocenters. The molecule has 0 fully saturated rings. The summed E-state index contributed by atoms with van der Waals surface area (Å²) in [6.45, 7) is 1.19. The number of carbonyl (C=O) groups excluding carboxylic acids is 2. The Balaban J connectivity index is 4.26. The van der Waals surface area contributed by atoms with E-state index in [1.165, 1.54) is 6.92 Å². The lowest BCUT2D eigenvalue weighted by atomic mass is 10.2. The van der Waals surface area contributed by atoms with E-state index in [1.54, 1.807) is 0 Å².